The number of aryl methyl sites for hydroxylation is 1. The summed E-state index contributed by atoms with van der Waals surface area (Å²) in [5, 5.41) is 0. The third-order valence-corrected chi connectivity index (χ3v) is 4.23. The summed E-state index contributed by atoms with van der Waals surface area (Å²) in [5.41, 5.74) is 4.08. The smallest absolute Gasteiger partial charge is 0.326 e. The van der Waals surface area contributed by atoms with E-state index in [0.29, 0.717) is 11.4 Å². The van der Waals surface area contributed by atoms with E-state index >= 15 is 0 Å². The highest BCUT2D eigenvalue weighted by Gasteiger charge is 2.33. The second-order valence-corrected chi connectivity index (χ2v) is 6.33. The number of aromatic nitrogens is 5. The Morgan fingerprint density at radius 1 is 1.07 bits per heavy atom. The Balaban J connectivity index is 2.05. The van der Waals surface area contributed by atoms with E-state index in [-0.39, 0.29) is 24.3 Å². The highest BCUT2D eigenvalue weighted by molar-refractivity contribution is 5.23. The third-order valence-electron chi connectivity index (χ3n) is 4.23. The van der Waals surface area contributed by atoms with Gasteiger partial charge in [0.05, 0.1) is 24.5 Å². The van der Waals surface area contributed by atoms with Crippen LogP contribution in [-0.4, -0.2) is 24.1 Å². The van der Waals surface area contributed by atoms with Crippen LogP contribution in [0.3, 0.4) is 0 Å². The number of pyridine rings is 1. The van der Waals surface area contributed by atoms with Gasteiger partial charge in [-0.3, -0.25) is 13.9 Å². The van der Waals surface area contributed by atoms with Gasteiger partial charge in [0.25, 0.3) is 5.56 Å². The molecule has 0 aliphatic heterocycles. The molecule has 0 aromatic carbocycles. The molecule has 0 aliphatic rings. The molecule has 0 unspecified atom stereocenters. The number of alkyl halides is 3. The van der Waals surface area contributed by atoms with Crippen LogP contribution < -0.4 is 17.0 Å². The van der Waals surface area contributed by atoms with Gasteiger partial charge in [-0.2, -0.15) is 13.2 Å². The molecule has 0 saturated heterocycles. The molecule has 0 saturated carbocycles. The van der Waals surface area contributed by atoms with Crippen LogP contribution in [0.5, 0.6) is 0 Å². The van der Waals surface area contributed by atoms with Gasteiger partial charge in [-0.25, -0.2) is 19.7 Å². The molecule has 3 aromatic heterocycles. The molecule has 0 bridgehead atoms. The normalized spacial score (nSPS) is 11.6. The van der Waals surface area contributed by atoms with Gasteiger partial charge < -0.3 is 5.73 Å². The Morgan fingerprint density at radius 3 is 2.41 bits per heavy atom. The van der Waals surface area contributed by atoms with E-state index in [1.54, 1.807) is 13.0 Å². The third kappa shape index (κ3) is 4.57. The van der Waals surface area contributed by atoms with Crippen molar-refractivity contribution in [3.63, 3.8) is 0 Å². The standard InChI is InChI=1S/C18H17F3N6O2/c1-11-4-16(28)27(17(29)26(11)8-13-2-3-23-10-24-13)9-14-5-12(7-22)6-15(25-14)18(19,20)21/h2-6,10H,7-9,22H2,1H3. The first kappa shape index (κ1) is 20.4. The van der Waals surface area contributed by atoms with Gasteiger partial charge >= 0.3 is 11.9 Å². The lowest BCUT2D eigenvalue weighted by Gasteiger charge is -2.14. The van der Waals surface area contributed by atoms with E-state index < -0.39 is 29.7 Å². The number of hydrogen-bond acceptors (Lipinski definition) is 6. The lowest BCUT2D eigenvalue weighted by Crippen LogP contribution is -2.41. The molecule has 11 heteroatoms. The average molecular weight is 406 g/mol. The van der Waals surface area contributed by atoms with Crippen molar-refractivity contribution in [1.82, 2.24) is 24.1 Å². The summed E-state index contributed by atoms with van der Waals surface area (Å²) in [5.74, 6) is 0. The maximum atomic E-state index is 13.1. The van der Waals surface area contributed by atoms with E-state index in [0.717, 1.165) is 10.6 Å². The van der Waals surface area contributed by atoms with Gasteiger partial charge in [-0.1, -0.05) is 0 Å². The number of rotatable bonds is 5. The maximum absolute atomic E-state index is 13.1. The first-order valence-corrected chi connectivity index (χ1v) is 8.52. The fraction of sp³-hybridized carbons (Fsp3) is 0.278. The van der Waals surface area contributed by atoms with Crippen molar-refractivity contribution < 1.29 is 13.2 Å². The van der Waals surface area contributed by atoms with Gasteiger partial charge in [0.2, 0.25) is 0 Å². The van der Waals surface area contributed by atoms with Crippen LogP contribution in [0.1, 0.15) is 28.3 Å². The van der Waals surface area contributed by atoms with Gasteiger partial charge in [-0.15, -0.1) is 0 Å². The summed E-state index contributed by atoms with van der Waals surface area (Å²) in [4.78, 5) is 36.6. The Morgan fingerprint density at radius 2 is 1.79 bits per heavy atom. The molecule has 2 N–H and O–H groups in total. The van der Waals surface area contributed by atoms with Crippen LogP contribution in [-0.2, 0) is 25.8 Å². The van der Waals surface area contributed by atoms with Crippen LogP contribution in [0, 0.1) is 6.92 Å². The second kappa shape index (κ2) is 7.95. The quantitative estimate of drug-likeness (QED) is 0.679. The predicted octanol–water partition coefficient (Wildman–Crippen LogP) is 1.08. The fourth-order valence-electron chi connectivity index (χ4n) is 2.79. The topological polar surface area (TPSA) is 109 Å². The van der Waals surface area contributed by atoms with Gasteiger partial charge in [0.15, 0.2) is 0 Å². The van der Waals surface area contributed by atoms with Gasteiger partial charge in [0, 0.05) is 24.5 Å². The average Bonchev–Trinajstić information content (AvgIpc) is 2.68. The van der Waals surface area contributed by atoms with Crippen molar-refractivity contribution in [3.8, 4) is 0 Å². The summed E-state index contributed by atoms with van der Waals surface area (Å²) < 4.78 is 41.4. The molecular formula is C18H17F3N6O2. The molecule has 152 valence electrons. The molecule has 0 fully saturated rings. The SMILES string of the molecule is Cc1cc(=O)n(Cc2cc(CN)cc(C(F)(F)F)n2)c(=O)n1Cc1ccncn1. The van der Waals surface area contributed by atoms with E-state index in [2.05, 4.69) is 15.0 Å². The van der Waals surface area contributed by atoms with Gasteiger partial charge in [0.1, 0.15) is 12.0 Å². The van der Waals surface area contributed by atoms with Crippen LogP contribution in [0.25, 0.3) is 0 Å². The summed E-state index contributed by atoms with van der Waals surface area (Å²) in [6, 6.07) is 5.04. The van der Waals surface area contributed by atoms with E-state index in [4.69, 9.17) is 5.73 Å². The first-order valence-electron chi connectivity index (χ1n) is 8.52. The van der Waals surface area contributed by atoms with Crippen LogP contribution in [0.15, 0.2) is 46.4 Å². The molecule has 0 atom stereocenters. The number of hydrogen-bond donors (Lipinski definition) is 1. The van der Waals surface area contributed by atoms with Crippen molar-refractivity contribution in [3.05, 3.63) is 86.0 Å². The highest BCUT2D eigenvalue weighted by Crippen LogP contribution is 2.28. The van der Waals surface area contributed by atoms with Crippen LogP contribution in [0.2, 0.25) is 0 Å². The molecule has 0 amide bonds. The fourth-order valence-corrected chi connectivity index (χ4v) is 2.79. The molecule has 29 heavy (non-hydrogen) atoms. The first-order chi connectivity index (χ1) is 13.7. The minimum absolute atomic E-state index is 0.0809. The van der Waals surface area contributed by atoms with Crippen LogP contribution >= 0.6 is 0 Å². The zero-order valence-corrected chi connectivity index (χ0v) is 15.3. The largest absolute Gasteiger partial charge is 0.433 e. The van der Waals surface area contributed by atoms with Crippen molar-refractivity contribution >= 4 is 0 Å². The molecule has 3 heterocycles. The second-order valence-electron chi connectivity index (χ2n) is 6.33. The summed E-state index contributed by atoms with van der Waals surface area (Å²) in [6.07, 6.45) is -1.84. The lowest BCUT2D eigenvalue weighted by molar-refractivity contribution is -0.141. The molecule has 0 radical (unpaired) electrons. The molecule has 3 rings (SSSR count). The monoisotopic (exact) mass is 406 g/mol. The van der Waals surface area contributed by atoms with Gasteiger partial charge in [-0.05, 0) is 30.7 Å². The van der Waals surface area contributed by atoms with Crippen molar-refractivity contribution in [1.29, 1.82) is 0 Å². The van der Waals surface area contributed by atoms with Crippen molar-refractivity contribution in [2.24, 2.45) is 5.73 Å². The van der Waals surface area contributed by atoms with E-state index in [9.17, 15) is 22.8 Å². The van der Waals surface area contributed by atoms with E-state index in [1.165, 1.54) is 29.2 Å². The summed E-state index contributed by atoms with van der Waals surface area (Å²) >= 11 is 0. The summed E-state index contributed by atoms with van der Waals surface area (Å²) in [7, 11) is 0. The number of nitrogens with two attached hydrogens (primary N) is 1. The minimum atomic E-state index is -4.68. The predicted molar refractivity (Wildman–Crippen MR) is 97.1 cm³/mol. The Kier molecular flexibility index (Phi) is 5.59. The Hall–Kier alpha value is -3.34. The number of halogens is 3. The van der Waals surface area contributed by atoms with Crippen LogP contribution in [0.4, 0.5) is 13.2 Å². The Bertz CT molecular complexity index is 1140. The number of nitrogens with zero attached hydrogens (tertiary/aromatic N) is 5. The molecule has 0 spiro atoms. The van der Waals surface area contributed by atoms with Crippen molar-refractivity contribution in [2.75, 3.05) is 0 Å². The minimum Gasteiger partial charge on any atom is -0.326 e. The van der Waals surface area contributed by atoms with E-state index in [1.807, 2.05) is 0 Å². The lowest BCUT2D eigenvalue weighted by atomic mass is 10.2. The molecule has 8 nitrogen and oxygen atoms in total. The maximum Gasteiger partial charge on any atom is 0.433 e. The Labute approximate surface area is 162 Å². The zero-order chi connectivity index (χ0) is 21.2. The molecule has 0 aliphatic carbocycles. The molecule has 3 aromatic rings. The highest BCUT2D eigenvalue weighted by atomic mass is 19.4. The zero-order valence-electron chi connectivity index (χ0n) is 15.3. The van der Waals surface area contributed by atoms with Crippen molar-refractivity contribution in [2.45, 2.75) is 32.7 Å². The molecular weight excluding hydrogens is 389 g/mol. The summed E-state index contributed by atoms with van der Waals surface area (Å²) in [6.45, 7) is 1.11.